The average Bonchev–Trinajstić information content (AvgIpc) is 3.64. The summed E-state index contributed by atoms with van der Waals surface area (Å²) in [4.78, 5) is 25.0. The molecule has 2 N–H and O–H groups in total. The number of hydrogen-bond acceptors (Lipinski definition) is 6. The number of nitrogens with one attached hydrogen (secondary N) is 2. The van der Waals surface area contributed by atoms with Crippen LogP contribution < -0.4 is 20.1 Å². The van der Waals surface area contributed by atoms with E-state index < -0.39 is 0 Å². The van der Waals surface area contributed by atoms with Crippen molar-refractivity contribution in [2.45, 2.75) is 18.9 Å². The molecule has 1 unspecified atom stereocenters. The van der Waals surface area contributed by atoms with Crippen LogP contribution in [0.15, 0.2) is 83.7 Å². The molecule has 4 aromatic rings. The maximum Gasteiger partial charge on any atom is 0.255 e. The van der Waals surface area contributed by atoms with Gasteiger partial charge in [0.25, 0.3) is 5.91 Å². The van der Waals surface area contributed by atoms with Crippen molar-refractivity contribution in [3.05, 3.63) is 96.2 Å². The van der Waals surface area contributed by atoms with Crippen LogP contribution in [-0.2, 0) is 11.3 Å². The van der Waals surface area contributed by atoms with E-state index in [4.69, 9.17) is 13.9 Å². The van der Waals surface area contributed by atoms with Gasteiger partial charge in [-0.3, -0.25) is 14.3 Å². The van der Waals surface area contributed by atoms with Gasteiger partial charge in [-0.1, -0.05) is 30.3 Å². The summed E-state index contributed by atoms with van der Waals surface area (Å²) >= 11 is 0. The topological polar surface area (TPSA) is 108 Å². The highest BCUT2D eigenvalue weighted by molar-refractivity contribution is 6.04. The van der Waals surface area contributed by atoms with E-state index in [9.17, 15) is 9.59 Å². The molecule has 2 amide bonds. The third kappa shape index (κ3) is 5.35. The van der Waals surface area contributed by atoms with E-state index in [0.29, 0.717) is 35.7 Å². The van der Waals surface area contributed by atoms with Crippen molar-refractivity contribution in [2.24, 2.45) is 0 Å². The van der Waals surface area contributed by atoms with Crippen molar-refractivity contribution in [3.63, 3.8) is 0 Å². The Morgan fingerprint density at radius 2 is 1.89 bits per heavy atom. The second kappa shape index (κ2) is 10.2. The Hall–Kier alpha value is -4.53. The van der Waals surface area contributed by atoms with E-state index in [-0.39, 0.29) is 31.1 Å². The minimum absolute atomic E-state index is 0.0383. The van der Waals surface area contributed by atoms with Gasteiger partial charge in [0.1, 0.15) is 12.3 Å². The summed E-state index contributed by atoms with van der Waals surface area (Å²) in [6, 6.07) is 18.9. The molecule has 0 saturated heterocycles. The Balaban J connectivity index is 1.12. The van der Waals surface area contributed by atoms with Crippen LogP contribution in [-0.4, -0.2) is 34.9 Å². The molecule has 2 aromatic heterocycles. The third-order valence-electron chi connectivity index (χ3n) is 5.68. The van der Waals surface area contributed by atoms with Gasteiger partial charge in [-0.25, -0.2) is 0 Å². The van der Waals surface area contributed by atoms with E-state index in [1.165, 1.54) is 10.9 Å². The highest BCUT2D eigenvalue weighted by Crippen LogP contribution is 2.32. The fourth-order valence-electron chi connectivity index (χ4n) is 3.96. The number of carbonyl (C=O) groups excluding carboxylic acids is 2. The van der Waals surface area contributed by atoms with Crippen molar-refractivity contribution < 1.29 is 23.5 Å². The van der Waals surface area contributed by atoms with Crippen molar-refractivity contribution in [1.82, 2.24) is 15.1 Å². The van der Waals surface area contributed by atoms with Crippen LogP contribution >= 0.6 is 0 Å². The Kier molecular flexibility index (Phi) is 6.47. The average molecular weight is 473 g/mol. The summed E-state index contributed by atoms with van der Waals surface area (Å²) in [5, 5.41) is 9.89. The fraction of sp³-hybridized carbons (Fsp3) is 0.192. The van der Waals surface area contributed by atoms with E-state index >= 15 is 0 Å². The summed E-state index contributed by atoms with van der Waals surface area (Å²) in [6.45, 7) is 0.662. The molecule has 1 atom stereocenters. The first-order valence-electron chi connectivity index (χ1n) is 11.2. The van der Waals surface area contributed by atoms with Crippen LogP contribution in [0.25, 0.3) is 0 Å². The maximum atomic E-state index is 12.5. The number of hydrogen-bond donors (Lipinski definition) is 2. The monoisotopic (exact) mass is 472 g/mol. The zero-order valence-corrected chi connectivity index (χ0v) is 18.8. The molecule has 1 aliphatic rings. The highest BCUT2D eigenvalue weighted by Gasteiger charge is 2.18. The first-order valence-corrected chi connectivity index (χ1v) is 11.2. The number of carbonyl (C=O) groups is 2. The molecule has 5 rings (SSSR count). The Bertz CT molecular complexity index is 1300. The second-order valence-corrected chi connectivity index (χ2v) is 8.07. The van der Waals surface area contributed by atoms with Crippen LogP contribution in [0.3, 0.4) is 0 Å². The lowest BCUT2D eigenvalue weighted by molar-refractivity contribution is -0.121. The van der Waals surface area contributed by atoms with Crippen molar-refractivity contribution in [1.29, 1.82) is 0 Å². The Labute approximate surface area is 201 Å². The molecule has 0 radical (unpaired) electrons. The highest BCUT2D eigenvalue weighted by atomic mass is 16.7. The molecule has 1 aliphatic heterocycles. The van der Waals surface area contributed by atoms with Crippen LogP contribution in [0.2, 0.25) is 0 Å². The molecule has 3 heterocycles. The van der Waals surface area contributed by atoms with E-state index in [1.807, 2.05) is 30.3 Å². The van der Waals surface area contributed by atoms with Gasteiger partial charge in [-0.2, -0.15) is 5.10 Å². The molecule has 35 heavy (non-hydrogen) atoms. The Morgan fingerprint density at radius 3 is 2.71 bits per heavy atom. The molecular weight excluding hydrogens is 448 g/mol. The maximum absolute atomic E-state index is 12.5. The number of fused-ring (bicyclic) bond motifs is 1. The third-order valence-corrected chi connectivity index (χ3v) is 5.68. The summed E-state index contributed by atoms with van der Waals surface area (Å²) < 4.78 is 17.7. The minimum atomic E-state index is -0.308. The van der Waals surface area contributed by atoms with Gasteiger partial charge in [0.05, 0.1) is 18.1 Å². The molecule has 0 saturated carbocycles. The first kappa shape index (κ1) is 22.3. The SMILES string of the molecule is O=C(Cn1cc(NC(=O)c2ccc3c(c2)OCO3)cn1)NCCC(c1ccccc1)c1ccco1. The molecular formula is C26H24N4O5. The van der Waals surface area contributed by atoms with E-state index in [0.717, 1.165) is 11.3 Å². The van der Waals surface area contributed by atoms with Crippen molar-refractivity contribution in [3.8, 4) is 11.5 Å². The molecule has 0 spiro atoms. The summed E-state index contributed by atoms with van der Waals surface area (Å²) in [6.07, 6.45) is 5.46. The number of amides is 2. The molecule has 178 valence electrons. The molecule has 9 nitrogen and oxygen atoms in total. The number of anilines is 1. The second-order valence-electron chi connectivity index (χ2n) is 8.07. The number of aromatic nitrogens is 2. The predicted octanol–water partition coefficient (Wildman–Crippen LogP) is 3.80. The molecule has 0 bridgehead atoms. The van der Waals surface area contributed by atoms with E-state index in [2.05, 4.69) is 27.9 Å². The molecule has 9 heteroatoms. The van der Waals surface area contributed by atoms with Gasteiger partial charge in [-0.05, 0) is 42.3 Å². The minimum Gasteiger partial charge on any atom is -0.469 e. The smallest absolute Gasteiger partial charge is 0.255 e. The Morgan fingerprint density at radius 1 is 1.03 bits per heavy atom. The lowest BCUT2D eigenvalue weighted by Gasteiger charge is -2.15. The lowest BCUT2D eigenvalue weighted by atomic mass is 9.93. The fourth-order valence-corrected chi connectivity index (χ4v) is 3.96. The van der Waals surface area contributed by atoms with Gasteiger partial charge in [0.15, 0.2) is 11.5 Å². The van der Waals surface area contributed by atoms with Gasteiger partial charge < -0.3 is 24.5 Å². The standard InChI is InChI=1S/C26H24N4O5/c31-25(27-11-10-21(22-7-4-12-33-22)18-5-2-1-3-6-18)16-30-15-20(14-28-30)29-26(32)19-8-9-23-24(13-19)35-17-34-23/h1-9,12-15,21H,10-11,16-17H2,(H,27,31)(H,29,32). The van der Waals surface area contributed by atoms with Crippen LogP contribution in [0.1, 0.15) is 34.0 Å². The normalized spacial score (nSPS) is 12.8. The molecule has 0 aliphatic carbocycles. The molecule has 2 aromatic carbocycles. The summed E-state index contributed by atoms with van der Waals surface area (Å²) in [7, 11) is 0. The zero-order valence-electron chi connectivity index (χ0n) is 18.8. The summed E-state index contributed by atoms with van der Waals surface area (Å²) in [5.74, 6) is 1.57. The lowest BCUT2D eigenvalue weighted by Crippen LogP contribution is -2.29. The van der Waals surface area contributed by atoms with Gasteiger partial charge in [0, 0.05) is 24.2 Å². The van der Waals surface area contributed by atoms with Crippen LogP contribution in [0, 0.1) is 0 Å². The quantitative estimate of drug-likeness (QED) is 0.384. The van der Waals surface area contributed by atoms with Crippen LogP contribution in [0.5, 0.6) is 11.5 Å². The number of furan rings is 1. The van der Waals surface area contributed by atoms with Gasteiger partial charge in [0.2, 0.25) is 12.7 Å². The number of benzene rings is 2. The van der Waals surface area contributed by atoms with E-state index in [1.54, 1.807) is 30.7 Å². The van der Waals surface area contributed by atoms with Gasteiger partial charge >= 0.3 is 0 Å². The van der Waals surface area contributed by atoms with Crippen molar-refractivity contribution >= 4 is 17.5 Å². The molecule has 0 fully saturated rings. The van der Waals surface area contributed by atoms with Crippen molar-refractivity contribution in [2.75, 3.05) is 18.7 Å². The van der Waals surface area contributed by atoms with Crippen LogP contribution in [0.4, 0.5) is 5.69 Å². The number of ether oxygens (including phenoxy) is 2. The predicted molar refractivity (Wildman–Crippen MR) is 127 cm³/mol. The number of nitrogens with zero attached hydrogens (tertiary/aromatic N) is 2. The first-order chi connectivity index (χ1) is 17.2. The largest absolute Gasteiger partial charge is 0.469 e. The zero-order chi connectivity index (χ0) is 24.0. The number of rotatable bonds is 9. The van der Waals surface area contributed by atoms with Gasteiger partial charge in [-0.15, -0.1) is 0 Å². The summed E-state index contributed by atoms with van der Waals surface area (Å²) in [5.41, 5.74) is 2.05.